The van der Waals surface area contributed by atoms with Gasteiger partial charge in [0.15, 0.2) is 0 Å². The molecule has 23 heavy (non-hydrogen) atoms. The van der Waals surface area contributed by atoms with Gasteiger partial charge in [-0.2, -0.15) is 0 Å². The molecule has 0 fully saturated rings. The van der Waals surface area contributed by atoms with E-state index < -0.39 is 7.60 Å². The molecular weight excluding hydrogens is 321 g/mol. The van der Waals surface area contributed by atoms with Crippen LogP contribution in [0.15, 0.2) is 24.3 Å². The van der Waals surface area contributed by atoms with Crippen molar-refractivity contribution in [1.82, 2.24) is 5.06 Å². The van der Waals surface area contributed by atoms with Gasteiger partial charge in [-0.3, -0.25) is 14.2 Å². The molecule has 8 heteroatoms. The third-order valence-corrected chi connectivity index (χ3v) is 4.08. The highest BCUT2D eigenvalue weighted by Gasteiger charge is 2.15. The van der Waals surface area contributed by atoms with Crippen LogP contribution in [0.5, 0.6) is 5.75 Å². The van der Waals surface area contributed by atoms with E-state index in [1.54, 1.807) is 7.11 Å². The van der Waals surface area contributed by atoms with Gasteiger partial charge < -0.3 is 14.5 Å². The van der Waals surface area contributed by atoms with Crippen LogP contribution in [-0.2, 0) is 20.6 Å². The van der Waals surface area contributed by atoms with Crippen molar-refractivity contribution >= 4 is 13.5 Å². The van der Waals surface area contributed by atoms with Gasteiger partial charge in [0.1, 0.15) is 5.75 Å². The smallest absolute Gasteiger partial charge is 0.325 e. The predicted molar refractivity (Wildman–Crippen MR) is 86.2 cm³/mol. The molecule has 1 aromatic carbocycles. The molecule has 0 heterocycles. The molecule has 1 rings (SSSR count). The molecule has 0 saturated heterocycles. The van der Waals surface area contributed by atoms with Crippen LogP contribution in [0.25, 0.3) is 0 Å². The van der Waals surface area contributed by atoms with Crippen LogP contribution >= 0.6 is 7.60 Å². The fourth-order valence-electron chi connectivity index (χ4n) is 1.98. The lowest BCUT2D eigenvalue weighted by atomic mass is 10.1. The van der Waals surface area contributed by atoms with E-state index in [1.807, 2.05) is 24.3 Å². The maximum absolute atomic E-state index is 11.4. The molecule has 1 aromatic rings. The number of ether oxygens (including phenoxy) is 1. The van der Waals surface area contributed by atoms with Gasteiger partial charge in [0.25, 0.3) is 0 Å². The molecule has 0 unspecified atom stereocenters. The molecule has 0 aliphatic carbocycles. The topological polar surface area (TPSA) is 96.3 Å². The minimum Gasteiger partial charge on any atom is -0.497 e. The van der Waals surface area contributed by atoms with E-state index in [2.05, 4.69) is 0 Å². The second kappa shape index (κ2) is 9.67. The maximum atomic E-state index is 11.4. The minimum absolute atomic E-state index is 0.170. The summed E-state index contributed by atoms with van der Waals surface area (Å²) in [6.07, 6.45) is 1.47. The summed E-state index contributed by atoms with van der Waals surface area (Å²) in [5.41, 5.74) is 1.14. The van der Waals surface area contributed by atoms with Crippen molar-refractivity contribution in [3.8, 4) is 5.75 Å². The van der Waals surface area contributed by atoms with E-state index in [1.165, 1.54) is 6.92 Å². The third-order valence-electron chi connectivity index (χ3n) is 3.18. The number of hydrogen-bond acceptors (Lipinski definition) is 4. The minimum atomic E-state index is -4.03. The molecular formula is C15H24NO6P. The van der Waals surface area contributed by atoms with Crippen molar-refractivity contribution in [2.75, 3.05) is 26.4 Å². The van der Waals surface area contributed by atoms with Crippen molar-refractivity contribution in [2.45, 2.75) is 26.2 Å². The van der Waals surface area contributed by atoms with Crippen LogP contribution in [0, 0.1) is 0 Å². The largest absolute Gasteiger partial charge is 0.497 e. The van der Waals surface area contributed by atoms with Crippen molar-refractivity contribution < 1.29 is 28.7 Å². The van der Waals surface area contributed by atoms with Crippen LogP contribution in [-0.4, -0.2) is 47.2 Å². The number of amides is 1. The number of benzene rings is 1. The van der Waals surface area contributed by atoms with E-state index in [-0.39, 0.29) is 25.0 Å². The number of methoxy groups -OCH3 is 1. The maximum Gasteiger partial charge on any atom is 0.325 e. The first-order valence-corrected chi connectivity index (χ1v) is 9.20. The summed E-state index contributed by atoms with van der Waals surface area (Å²) in [7, 11) is -2.42. The van der Waals surface area contributed by atoms with Crippen molar-refractivity contribution in [3.63, 3.8) is 0 Å². The van der Waals surface area contributed by atoms with Crippen LogP contribution in [0.2, 0.25) is 0 Å². The van der Waals surface area contributed by atoms with E-state index in [9.17, 15) is 9.36 Å². The van der Waals surface area contributed by atoms with Crippen LogP contribution in [0.1, 0.15) is 25.3 Å². The number of hydroxylamine groups is 2. The molecule has 0 saturated carbocycles. The Morgan fingerprint density at radius 3 is 2.39 bits per heavy atom. The summed E-state index contributed by atoms with van der Waals surface area (Å²) < 4.78 is 15.9. The fraction of sp³-hybridized carbons (Fsp3) is 0.533. The van der Waals surface area contributed by atoms with Crippen LogP contribution in [0.4, 0.5) is 0 Å². The standard InChI is InChI=1S/C15H24NO6P/c1-13(17)16(10-4-12-23(18,19)20)22-11-3-5-14-6-8-15(21-2)9-7-14/h6-9H,3-5,10-12H2,1-2H3,(H2,18,19,20). The second-order valence-electron chi connectivity index (χ2n) is 5.15. The van der Waals surface area contributed by atoms with Gasteiger partial charge in [-0.15, -0.1) is 0 Å². The van der Waals surface area contributed by atoms with Gasteiger partial charge in [-0.25, -0.2) is 5.06 Å². The molecule has 0 aliphatic heterocycles. The van der Waals surface area contributed by atoms with Gasteiger partial charge in [0.2, 0.25) is 5.91 Å². The third kappa shape index (κ3) is 8.71. The monoisotopic (exact) mass is 345 g/mol. The molecule has 0 spiro atoms. The van der Waals surface area contributed by atoms with Crippen molar-refractivity contribution in [3.05, 3.63) is 29.8 Å². The SMILES string of the molecule is COc1ccc(CCCON(CCCP(=O)(O)O)C(C)=O)cc1. The summed E-state index contributed by atoms with van der Waals surface area (Å²) >= 11 is 0. The zero-order valence-corrected chi connectivity index (χ0v) is 14.4. The lowest BCUT2D eigenvalue weighted by Crippen LogP contribution is -2.31. The van der Waals surface area contributed by atoms with Crippen LogP contribution in [0.3, 0.4) is 0 Å². The summed E-state index contributed by atoms with van der Waals surface area (Å²) in [5.74, 6) is 0.526. The first-order chi connectivity index (χ1) is 10.8. The van der Waals surface area contributed by atoms with Gasteiger partial charge in [-0.05, 0) is 37.0 Å². The number of carbonyl (C=O) groups is 1. The lowest BCUT2D eigenvalue weighted by Gasteiger charge is -2.20. The van der Waals surface area contributed by atoms with Crippen molar-refractivity contribution in [2.24, 2.45) is 0 Å². The highest BCUT2D eigenvalue weighted by Crippen LogP contribution is 2.34. The zero-order valence-electron chi connectivity index (χ0n) is 13.5. The van der Waals surface area contributed by atoms with Crippen LogP contribution < -0.4 is 4.74 Å². The average molecular weight is 345 g/mol. The number of carbonyl (C=O) groups excluding carboxylic acids is 1. The normalized spacial score (nSPS) is 11.3. The average Bonchev–Trinajstić information content (AvgIpc) is 2.48. The molecule has 1 amide bonds. The second-order valence-corrected chi connectivity index (χ2v) is 6.92. The molecule has 7 nitrogen and oxygen atoms in total. The molecule has 0 aliphatic rings. The molecule has 0 radical (unpaired) electrons. The molecule has 2 N–H and O–H groups in total. The summed E-state index contributed by atoms with van der Waals surface area (Å²) in [6.45, 7) is 1.89. The highest BCUT2D eigenvalue weighted by molar-refractivity contribution is 7.51. The predicted octanol–water partition coefficient (Wildman–Crippen LogP) is 1.98. The Labute approximate surface area is 136 Å². The Hall–Kier alpha value is -1.40. The Morgan fingerprint density at radius 1 is 1.22 bits per heavy atom. The Morgan fingerprint density at radius 2 is 1.87 bits per heavy atom. The molecule has 0 bridgehead atoms. The van der Waals surface area contributed by atoms with E-state index in [4.69, 9.17) is 19.4 Å². The fourth-order valence-corrected chi connectivity index (χ4v) is 2.53. The Kier molecular flexibility index (Phi) is 8.26. The lowest BCUT2D eigenvalue weighted by molar-refractivity contribution is -0.184. The highest BCUT2D eigenvalue weighted by atomic mass is 31.2. The number of hydrogen-bond donors (Lipinski definition) is 2. The van der Waals surface area contributed by atoms with Gasteiger partial charge in [0.05, 0.1) is 19.9 Å². The summed E-state index contributed by atoms with van der Waals surface area (Å²) in [5, 5.41) is 1.16. The molecule has 0 atom stereocenters. The van der Waals surface area contributed by atoms with Gasteiger partial charge >= 0.3 is 7.60 Å². The summed E-state index contributed by atoms with van der Waals surface area (Å²) in [6, 6.07) is 7.73. The molecule has 0 aromatic heterocycles. The van der Waals surface area contributed by atoms with Gasteiger partial charge in [0, 0.05) is 13.5 Å². The number of aryl methyl sites for hydroxylation is 1. The zero-order chi connectivity index (χ0) is 17.3. The van der Waals surface area contributed by atoms with E-state index in [0.717, 1.165) is 29.2 Å². The first kappa shape index (κ1) is 19.6. The Bertz CT molecular complexity index is 527. The van der Waals surface area contributed by atoms with E-state index in [0.29, 0.717) is 6.61 Å². The molecule has 130 valence electrons. The van der Waals surface area contributed by atoms with E-state index >= 15 is 0 Å². The van der Waals surface area contributed by atoms with Crippen molar-refractivity contribution in [1.29, 1.82) is 0 Å². The quantitative estimate of drug-likeness (QED) is 0.382. The Balaban J connectivity index is 2.29. The number of nitrogens with zero attached hydrogens (tertiary/aromatic N) is 1. The summed E-state index contributed by atoms with van der Waals surface area (Å²) in [4.78, 5) is 34.4. The number of rotatable bonds is 10. The first-order valence-electron chi connectivity index (χ1n) is 7.40. The van der Waals surface area contributed by atoms with Gasteiger partial charge in [-0.1, -0.05) is 12.1 Å².